The maximum atomic E-state index is 11.0. The highest BCUT2D eigenvalue weighted by molar-refractivity contribution is 8.13. The molecule has 0 spiro atoms. The van der Waals surface area contributed by atoms with E-state index in [9.17, 15) is 18.0 Å². The quantitative estimate of drug-likeness (QED) is 0.782. The van der Waals surface area contributed by atoms with Gasteiger partial charge in [0, 0.05) is 24.0 Å². The minimum atomic E-state index is -3.80. The second-order valence-corrected chi connectivity index (χ2v) is 6.44. The molecular weight excluding hydrogens is 294 g/mol. The number of halogens is 1. The number of nitrogens with one attached hydrogen (secondary N) is 1. The number of carbonyl (C=O) groups excluding carboxylic acids is 1. The Hall–Kier alpha value is -1.60. The summed E-state index contributed by atoms with van der Waals surface area (Å²) < 4.78 is 22.1. The first-order chi connectivity index (χ1) is 8.70. The number of carboxylic acid groups (broad SMARTS) is 1. The van der Waals surface area contributed by atoms with Crippen LogP contribution in [-0.2, 0) is 25.1 Å². The van der Waals surface area contributed by atoms with E-state index in [0.29, 0.717) is 5.56 Å². The van der Waals surface area contributed by atoms with Crippen LogP contribution in [0.4, 0.5) is 0 Å². The fourth-order valence-electron chi connectivity index (χ4n) is 1.47. The third-order valence-electron chi connectivity index (χ3n) is 2.32. The summed E-state index contributed by atoms with van der Waals surface area (Å²) in [5, 5.41) is 11.2. The van der Waals surface area contributed by atoms with Gasteiger partial charge in [-0.2, -0.15) is 0 Å². The van der Waals surface area contributed by atoms with Crippen molar-refractivity contribution in [2.75, 3.05) is 0 Å². The van der Waals surface area contributed by atoms with Gasteiger partial charge in [0.25, 0.3) is 9.05 Å². The molecule has 0 saturated heterocycles. The van der Waals surface area contributed by atoms with Gasteiger partial charge in [-0.3, -0.25) is 4.79 Å². The van der Waals surface area contributed by atoms with Crippen molar-refractivity contribution in [3.63, 3.8) is 0 Å². The topological polar surface area (TPSA) is 101 Å². The Balaban J connectivity index is 2.87. The molecule has 0 saturated carbocycles. The summed E-state index contributed by atoms with van der Waals surface area (Å²) in [6.07, 6.45) is 0.0531. The molecule has 2 N–H and O–H groups in total. The molecule has 0 unspecified atom stereocenters. The lowest BCUT2D eigenvalue weighted by molar-refractivity contribution is -0.141. The van der Waals surface area contributed by atoms with Crippen LogP contribution in [0.1, 0.15) is 12.5 Å². The normalized spacial score (nSPS) is 12.7. The summed E-state index contributed by atoms with van der Waals surface area (Å²) in [4.78, 5) is 21.7. The standard InChI is InChI=1S/C11H12ClNO5S/c1-7(14)13-10(11(15)16)6-8-2-4-9(5-3-8)19(12,17)18/h2-5,10H,6H2,1H3,(H,13,14)(H,15,16)/t10-/m0/s1. The first-order valence-corrected chi connectivity index (χ1v) is 7.54. The minimum Gasteiger partial charge on any atom is -0.480 e. The number of carbonyl (C=O) groups is 2. The highest BCUT2D eigenvalue weighted by atomic mass is 35.7. The monoisotopic (exact) mass is 305 g/mol. The molecule has 104 valence electrons. The Morgan fingerprint density at radius 3 is 2.21 bits per heavy atom. The first kappa shape index (κ1) is 15.5. The van der Waals surface area contributed by atoms with E-state index in [4.69, 9.17) is 15.8 Å². The zero-order chi connectivity index (χ0) is 14.6. The molecule has 1 atom stereocenters. The third kappa shape index (κ3) is 4.88. The molecular formula is C11H12ClNO5S. The highest BCUT2D eigenvalue weighted by Gasteiger charge is 2.19. The SMILES string of the molecule is CC(=O)N[C@@H](Cc1ccc(S(=O)(=O)Cl)cc1)C(=O)O. The van der Waals surface area contributed by atoms with Crippen molar-refractivity contribution < 1.29 is 23.1 Å². The van der Waals surface area contributed by atoms with Crippen molar-refractivity contribution in [2.45, 2.75) is 24.3 Å². The van der Waals surface area contributed by atoms with Crippen molar-refractivity contribution in [1.29, 1.82) is 0 Å². The molecule has 0 bridgehead atoms. The van der Waals surface area contributed by atoms with Crippen LogP contribution in [0.25, 0.3) is 0 Å². The maximum absolute atomic E-state index is 11.0. The molecule has 0 aliphatic carbocycles. The van der Waals surface area contributed by atoms with Gasteiger partial charge in [-0.05, 0) is 17.7 Å². The van der Waals surface area contributed by atoms with E-state index in [0.717, 1.165) is 0 Å². The number of carboxylic acids is 1. The average molecular weight is 306 g/mol. The van der Waals surface area contributed by atoms with Crippen LogP contribution in [0.2, 0.25) is 0 Å². The van der Waals surface area contributed by atoms with Gasteiger partial charge >= 0.3 is 5.97 Å². The van der Waals surface area contributed by atoms with Crippen molar-refractivity contribution >= 4 is 31.6 Å². The second kappa shape index (κ2) is 6.03. The minimum absolute atomic E-state index is 0.0531. The van der Waals surface area contributed by atoms with Crippen LogP contribution >= 0.6 is 10.7 Å². The summed E-state index contributed by atoms with van der Waals surface area (Å²) in [5.41, 5.74) is 0.574. The zero-order valence-electron chi connectivity index (χ0n) is 9.96. The fraction of sp³-hybridized carbons (Fsp3) is 0.273. The molecule has 8 heteroatoms. The highest BCUT2D eigenvalue weighted by Crippen LogP contribution is 2.16. The van der Waals surface area contributed by atoms with E-state index < -0.39 is 27.0 Å². The molecule has 1 rings (SSSR count). The predicted molar refractivity (Wildman–Crippen MR) is 68.4 cm³/mol. The number of aliphatic carboxylic acids is 1. The van der Waals surface area contributed by atoms with Gasteiger partial charge in [0.05, 0.1) is 4.90 Å². The van der Waals surface area contributed by atoms with E-state index in [-0.39, 0.29) is 11.3 Å². The molecule has 0 radical (unpaired) electrons. The van der Waals surface area contributed by atoms with Crippen molar-refractivity contribution in [1.82, 2.24) is 5.32 Å². The van der Waals surface area contributed by atoms with Crippen LogP contribution in [0.15, 0.2) is 29.2 Å². The molecule has 1 amide bonds. The summed E-state index contributed by atoms with van der Waals surface area (Å²) >= 11 is 0. The number of amides is 1. The van der Waals surface area contributed by atoms with Gasteiger partial charge in [-0.1, -0.05) is 12.1 Å². The van der Waals surface area contributed by atoms with Gasteiger partial charge in [-0.15, -0.1) is 0 Å². The largest absolute Gasteiger partial charge is 0.480 e. The Morgan fingerprint density at radius 2 is 1.84 bits per heavy atom. The molecule has 0 heterocycles. The molecule has 1 aromatic rings. The van der Waals surface area contributed by atoms with E-state index in [1.165, 1.54) is 31.2 Å². The molecule has 1 aromatic carbocycles. The maximum Gasteiger partial charge on any atom is 0.326 e. The predicted octanol–water partition coefficient (Wildman–Crippen LogP) is 0.746. The molecule has 0 aromatic heterocycles. The fourth-order valence-corrected chi connectivity index (χ4v) is 2.24. The first-order valence-electron chi connectivity index (χ1n) is 5.23. The lowest BCUT2D eigenvalue weighted by Gasteiger charge is -2.13. The molecule has 0 aliphatic rings. The van der Waals surface area contributed by atoms with Gasteiger partial charge in [0.15, 0.2) is 0 Å². The average Bonchev–Trinajstić information content (AvgIpc) is 2.27. The lowest BCUT2D eigenvalue weighted by Crippen LogP contribution is -2.41. The van der Waals surface area contributed by atoms with Crippen LogP contribution < -0.4 is 5.32 Å². The van der Waals surface area contributed by atoms with Gasteiger partial charge in [0.2, 0.25) is 5.91 Å². The third-order valence-corrected chi connectivity index (χ3v) is 3.69. The summed E-state index contributed by atoms with van der Waals surface area (Å²) in [6.45, 7) is 1.22. The Morgan fingerprint density at radius 1 is 1.32 bits per heavy atom. The van der Waals surface area contributed by atoms with E-state index in [1.54, 1.807) is 0 Å². The molecule has 0 fully saturated rings. The number of hydrogen-bond acceptors (Lipinski definition) is 4. The smallest absolute Gasteiger partial charge is 0.326 e. The molecule has 6 nitrogen and oxygen atoms in total. The van der Waals surface area contributed by atoms with E-state index in [1.807, 2.05) is 0 Å². The van der Waals surface area contributed by atoms with Crippen molar-refractivity contribution in [3.05, 3.63) is 29.8 Å². The van der Waals surface area contributed by atoms with E-state index >= 15 is 0 Å². The number of benzene rings is 1. The number of rotatable bonds is 5. The Bertz CT molecular complexity index is 582. The summed E-state index contributed by atoms with van der Waals surface area (Å²) in [6, 6.07) is 4.41. The zero-order valence-corrected chi connectivity index (χ0v) is 11.5. The Kier molecular flexibility index (Phi) is 4.90. The van der Waals surface area contributed by atoms with Crippen LogP contribution in [0, 0.1) is 0 Å². The van der Waals surface area contributed by atoms with Crippen LogP contribution in [0.5, 0.6) is 0 Å². The number of hydrogen-bond donors (Lipinski definition) is 2. The van der Waals surface area contributed by atoms with Gasteiger partial charge in [-0.25, -0.2) is 13.2 Å². The summed E-state index contributed by atoms with van der Waals surface area (Å²) in [5.74, 6) is -1.61. The Labute approximate surface area is 114 Å². The second-order valence-electron chi connectivity index (χ2n) is 3.88. The van der Waals surface area contributed by atoms with Crippen molar-refractivity contribution in [2.24, 2.45) is 0 Å². The van der Waals surface area contributed by atoms with Gasteiger partial charge in [0.1, 0.15) is 6.04 Å². The van der Waals surface area contributed by atoms with Crippen molar-refractivity contribution in [3.8, 4) is 0 Å². The van der Waals surface area contributed by atoms with Gasteiger partial charge < -0.3 is 10.4 Å². The summed E-state index contributed by atoms with van der Waals surface area (Å²) in [7, 11) is 1.36. The van der Waals surface area contributed by atoms with Crippen LogP contribution in [-0.4, -0.2) is 31.4 Å². The molecule has 0 aliphatic heterocycles. The lowest BCUT2D eigenvalue weighted by atomic mass is 10.1. The van der Waals surface area contributed by atoms with Crippen LogP contribution in [0.3, 0.4) is 0 Å². The molecule has 19 heavy (non-hydrogen) atoms. The van der Waals surface area contributed by atoms with E-state index in [2.05, 4.69) is 5.32 Å².